The topological polar surface area (TPSA) is 78.7 Å². The average Bonchev–Trinajstić information content (AvgIpc) is 2.68. The van der Waals surface area contributed by atoms with Crippen LogP contribution < -0.4 is 0 Å². The van der Waals surface area contributed by atoms with Gasteiger partial charge >= 0.3 is 12.3 Å². The maximum Gasteiger partial charge on any atom is 0.509 e. The third-order valence-electron chi connectivity index (χ3n) is 4.58. The monoisotopic (exact) mass is 461 g/mol. The van der Waals surface area contributed by atoms with Crippen LogP contribution in [0.4, 0.5) is 23.7 Å². The molecule has 2 aromatic carbocycles. The number of likely N-dealkylation sites (N-methyl/N-ethyl adjacent to an activating group) is 1. The van der Waals surface area contributed by atoms with E-state index in [4.69, 9.17) is 16.3 Å². The number of quaternary nitrogens is 1. The van der Waals surface area contributed by atoms with E-state index in [9.17, 15) is 28.1 Å². The maximum absolute atomic E-state index is 12.8. The van der Waals surface area contributed by atoms with Crippen LogP contribution in [-0.4, -0.2) is 41.8 Å². The molecule has 0 N–H and O–H groups in total. The van der Waals surface area contributed by atoms with Crippen LogP contribution in [0.5, 0.6) is 0 Å². The van der Waals surface area contributed by atoms with Crippen molar-refractivity contribution in [2.75, 3.05) is 26.3 Å². The van der Waals surface area contributed by atoms with E-state index in [1.165, 1.54) is 24.3 Å². The van der Waals surface area contributed by atoms with E-state index in [0.717, 1.165) is 17.7 Å². The van der Waals surface area contributed by atoms with Gasteiger partial charge in [-0.3, -0.25) is 10.1 Å². The standard InChI is InChI=1S/C20H21ClF3N2O5/c1-26(10-11-30-19(27)31-14-21,13-16-4-8-18(9-5-16)25(28)29)12-15-2-6-17(7-3-15)20(22,23)24/h2-9H,10-14H2,1H3/q+1. The number of halogens is 4. The molecule has 2 rings (SSSR count). The molecule has 2 aromatic rings. The molecule has 168 valence electrons. The van der Waals surface area contributed by atoms with Crippen LogP contribution in [0.15, 0.2) is 48.5 Å². The molecule has 1 atom stereocenters. The van der Waals surface area contributed by atoms with Crippen molar-refractivity contribution in [1.82, 2.24) is 0 Å². The highest BCUT2D eigenvalue weighted by atomic mass is 35.5. The van der Waals surface area contributed by atoms with Crippen LogP contribution in [0.2, 0.25) is 0 Å². The second-order valence-corrected chi connectivity index (χ2v) is 7.35. The van der Waals surface area contributed by atoms with Crippen LogP contribution >= 0.6 is 11.6 Å². The number of hydrogen-bond donors (Lipinski definition) is 0. The highest BCUT2D eigenvalue weighted by Gasteiger charge is 2.30. The van der Waals surface area contributed by atoms with Gasteiger partial charge in [0.05, 0.1) is 17.5 Å². The summed E-state index contributed by atoms with van der Waals surface area (Å²) in [4.78, 5) is 21.7. The lowest BCUT2D eigenvalue weighted by atomic mass is 10.1. The Balaban J connectivity index is 2.17. The van der Waals surface area contributed by atoms with Gasteiger partial charge in [0, 0.05) is 23.3 Å². The van der Waals surface area contributed by atoms with Gasteiger partial charge in [-0.2, -0.15) is 13.2 Å². The van der Waals surface area contributed by atoms with Crippen molar-refractivity contribution < 1.29 is 36.8 Å². The van der Waals surface area contributed by atoms with E-state index in [1.54, 1.807) is 12.1 Å². The second kappa shape index (κ2) is 10.5. The molecular formula is C20H21ClF3N2O5+. The Bertz CT molecular complexity index is 891. The Labute approximate surface area is 181 Å². The number of ether oxygens (including phenoxy) is 2. The molecule has 11 heteroatoms. The number of nitrogens with zero attached hydrogens (tertiary/aromatic N) is 2. The highest BCUT2D eigenvalue weighted by Crippen LogP contribution is 2.29. The number of benzene rings is 2. The molecule has 1 unspecified atom stereocenters. The molecule has 0 aliphatic carbocycles. The Morgan fingerprint density at radius 2 is 1.55 bits per heavy atom. The molecule has 31 heavy (non-hydrogen) atoms. The lowest BCUT2D eigenvalue weighted by molar-refractivity contribution is -0.935. The van der Waals surface area contributed by atoms with Crippen LogP contribution in [-0.2, 0) is 28.7 Å². The predicted molar refractivity (Wildman–Crippen MR) is 106 cm³/mol. The summed E-state index contributed by atoms with van der Waals surface area (Å²) in [6, 6.07) is 10.5. The first kappa shape index (κ1) is 24.4. The fourth-order valence-corrected chi connectivity index (χ4v) is 3.14. The lowest BCUT2D eigenvalue weighted by Crippen LogP contribution is -2.45. The third-order valence-corrected chi connectivity index (χ3v) is 4.69. The van der Waals surface area contributed by atoms with Gasteiger partial charge in [0.2, 0.25) is 0 Å². The van der Waals surface area contributed by atoms with E-state index < -0.39 is 22.8 Å². The molecule has 0 heterocycles. The Morgan fingerprint density at radius 1 is 1.03 bits per heavy atom. The van der Waals surface area contributed by atoms with E-state index in [1.807, 2.05) is 7.05 Å². The van der Waals surface area contributed by atoms with Crippen LogP contribution in [0, 0.1) is 10.1 Å². The Morgan fingerprint density at radius 3 is 2.00 bits per heavy atom. The van der Waals surface area contributed by atoms with Gasteiger partial charge < -0.3 is 14.0 Å². The number of nitro groups is 1. The molecule has 7 nitrogen and oxygen atoms in total. The first-order valence-electron chi connectivity index (χ1n) is 9.11. The van der Waals surface area contributed by atoms with E-state index >= 15 is 0 Å². The van der Waals surface area contributed by atoms with E-state index in [0.29, 0.717) is 25.2 Å². The smallest absolute Gasteiger partial charge is 0.428 e. The molecule has 0 aliphatic rings. The summed E-state index contributed by atoms with van der Waals surface area (Å²) in [5.74, 6) is 0. The van der Waals surface area contributed by atoms with Gasteiger partial charge in [-0.1, -0.05) is 23.7 Å². The molecule has 0 amide bonds. The maximum atomic E-state index is 12.8. The van der Waals surface area contributed by atoms with Crippen molar-refractivity contribution in [3.63, 3.8) is 0 Å². The van der Waals surface area contributed by atoms with Crippen molar-refractivity contribution in [2.45, 2.75) is 19.3 Å². The van der Waals surface area contributed by atoms with Crippen molar-refractivity contribution in [3.05, 3.63) is 75.3 Å². The summed E-state index contributed by atoms with van der Waals surface area (Å²) in [5.41, 5.74) is 0.643. The zero-order valence-corrected chi connectivity index (χ0v) is 17.4. The molecule has 0 saturated heterocycles. The molecule has 0 aliphatic heterocycles. The zero-order chi connectivity index (χ0) is 23.1. The number of alkyl halides is 4. The van der Waals surface area contributed by atoms with E-state index in [-0.39, 0.29) is 22.8 Å². The van der Waals surface area contributed by atoms with Crippen LogP contribution in [0.1, 0.15) is 16.7 Å². The van der Waals surface area contributed by atoms with Crippen molar-refractivity contribution >= 4 is 23.4 Å². The lowest BCUT2D eigenvalue weighted by Gasteiger charge is -2.34. The number of carbonyl (C=O) groups is 1. The van der Waals surface area contributed by atoms with Gasteiger partial charge in [-0.15, -0.1) is 0 Å². The number of nitro benzene ring substituents is 1. The van der Waals surface area contributed by atoms with E-state index in [2.05, 4.69) is 4.74 Å². The zero-order valence-electron chi connectivity index (χ0n) is 16.6. The number of rotatable bonds is 9. The van der Waals surface area contributed by atoms with Crippen molar-refractivity contribution in [3.8, 4) is 0 Å². The van der Waals surface area contributed by atoms with Crippen molar-refractivity contribution in [1.29, 1.82) is 0 Å². The summed E-state index contributed by atoms with van der Waals surface area (Å²) in [5, 5.41) is 10.8. The Hall–Kier alpha value is -2.85. The predicted octanol–water partition coefficient (Wildman–Crippen LogP) is 5.11. The molecule has 0 bridgehead atoms. The molecule has 0 aromatic heterocycles. The summed E-state index contributed by atoms with van der Waals surface area (Å²) in [6.07, 6.45) is -5.35. The molecule has 0 spiro atoms. The van der Waals surface area contributed by atoms with Gasteiger partial charge in [0.1, 0.15) is 26.2 Å². The van der Waals surface area contributed by atoms with Gasteiger partial charge in [0.25, 0.3) is 5.69 Å². The summed E-state index contributed by atoms with van der Waals surface area (Å²) in [6.45, 7) is 1.03. The number of non-ortho nitro benzene ring substituents is 1. The molecule has 0 saturated carbocycles. The Kier molecular flexibility index (Phi) is 8.23. The fourth-order valence-electron chi connectivity index (χ4n) is 3.05. The SMILES string of the molecule is C[N+](CCOC(=O)OCCl)(Cc1ccc([N+](=O)[O-])cc1)Cc1ccc(C(F)(F)F)cc1. The number of hydrogen-bond acceptors (Lipinski definition) is 5. The quantitative estimate of drug-likeness (QED) is 0.170. The summed E-state index contributed by atoms with van der Waals surface area (Å²) in [7, 11) is 1.84. The largest absolute Gasteiger partial charge is 0.509 e. The van der Waals surface area contributed by atoms with Crippen LogP contribution in [0.3, 0.4) is 0 Å². The molecule has 0 fully saturated rings. The normalized spacial score (nSPS) is 13.3. The van der Waals surface area contributed by atoms with Crippen molar-refractivity contribution in [2.24, 2.45) is 0 Å². The average molecular weight is 462 g/mol. The minimum atomic E-state index is -4.42. The molecular weight excluding hydrogens is 441 g/mol. The van der Waals surface area contributed by atoms with Gasteiger partial charge in [-0.25, -0.2) is 4.79 Å². The minimum absolute atomic E-state index is 0.0140. The van der Waals surface area contributed by atoms with Gasteiger partial charge in [-0.05, 0) is 24.3 Å². The molecule has 0 radical (unpaired) electrons. The third kappa shape index (κ3) is 7.72. The summed E-state index contributed by atoms with van der Waals surface area (Å²) < 4.78 is 48.2. The highest BCUT2D eigenvalue weighted by molar-refractivity contribution is 6.17. The first-order chi connectivity index (χ1) is 14.5. The van der Waals surface area contributed by atoms with Crippen LogP contribution in [0.25, 0.3) is 0 Å². The second-order valence-electron chi connectivity index (χ2n) is 7.13. The van der Waals surface area contributed by atoms with Gasteiger partial charge in [0.15, 0.2) is 6.07 Å². The fraction of sp³-hybridized carbons (Fsp3) is 0.350. The summed E-state index contributed by atoms with van der Waals surface area (Å²) >= 11 is 5.30. The minimum Gasteiger partial charge on any atom is -0.428 e. The number of carbonyl (C=O) groups excluding carboxylic acids is 1. The first-order valence-corrected chi connectivity index (χ1v) is 9.64.